The van der Waals surface area contributed by atoms with Crippen molar-refractivity contribution in [1.82, 2.24) is 15.5 Å². The Morgan fingerprint density at radius 3 is 2.35 bits per heavy atom. The molecule has 0 unspecified atom stereocenters. The smallest absolute Gasteiger partial charge is 0.325 e. The maximum absolute atomic E-state index is 11.5. The molecule has 0 aromatic rings. The fourth-order valence-corrected chi connectivity index (χ4v) is 1.92. The fourth-order valence-electron chi connectivity index (χ4n) is 1.92. The first-order valence-electron chi connectivity index (χ1n) is 5.82. The number of rotatable bonds is 5. The Balaban J connectivity index is 2.35. The predicted octanol–water partition coefficient (Wildman–Crippen LogP) is 0.243. The van der Waals surface area contributed by atoms with Gasteiger partial charge in [0, 0.05) is 12.1 Å². The molecule has 0 spiro atoms. The van der Waals surface area contributed by atoms with Crippen LogP contribution in [0.1, 0.15) is 26.2 Å². The highest BCUT2D eigenvalue weighted by Gasteiger charge is 2.39. The van der Waals surface area contributed by atoms with Gasteiger partial charge in [-0.15, -0.1) is 0 Å². The van der Waals surface area contributed by atoms with Crippen LogP contribution in [0.15, 0.2) is 0 Å². The molecule has 2 amide bonds. The summed E-state index contributed by atoms with van der Waals surface area (Å²) in [6.45, 7) is 1.99. The Hall–Kier alpha value is -1.30. The maximum atomic E-state index is 11.5. The molecule has 0 aromatic carbocycles. The number of urea groups is 1. The number of aliphatic carboxylic acids is 1. The second-order valence-corrected chi connectivity index (χ2v) is 4.86. The topological polar surface area (TPSA) is 81.7 Å². The van der Waals surface area contributed by atoms with Crippen LogP contribution in [-0.4, -0.2) is 54.2 Å². The molecule has 0 heterocycles. The van der Waals surface area contributed by atoms with E-state index in [1.807, 2.05) is 14.1 Å². The molecule has 98 valence electrons. The van der Waals surface area contributed by atoms with E-state index in [-0.39, 0.29) is 5.54 Å². The molecular weight excluding hydrogens is 222 g/mol. The van der Waals surface area contributed by atoms with E-state index in [0.717, 1.165) is 12.8 Å². The number of nitrogens with zero attached hydrogens (tertiary/aromatic N) is 1. The molecule has 1 atom stereocenters. The lowest BCUT2D eigenvalue weighted by Gasteiger charge is -2.47. The van der Waals surface area contributed by atoms with Crippen molar-refractivity contribution in [3.63, 3.8) is 0 Å². The van der Waals surface area contributed by atoms with E-state index >= 15 is 0 Å². The number of hydrogen-bond acceptors (Lipinski definition) is 3. The second kappa shape index (κ2) is 5.35. The van der Waals surface area contributed by atoms with Gasteiger partial charge in [0.2, 0.25) is 0 Å². The average molecular weight is 243 g/mol. The molecule has 17 heavy (non-hydrogen) atoms. The van der Waals surface area contributed by atoms with Crippen LogP contribution in [0, 0.1) is 0 Å². The van der Waals surface area contributed by atoms with Gasteiger partial charge in [0.05, 0.1) is 0 Å². The first-order chi connectivity index (χ1) is 7.87. The molecule has 0 saturated heterocycles. The largest absolute Gasteiger partial charge is 0.480 e. The van der Waals surface area contributed by atoms with Crippen LogP contribution in [0.25, 0.3) is 0 Å². The van der Waals surface area contributed by atoms with E-state index in [1.54, 1.807) is 0 Å². The van der Waals surface area contributed by atoms with Crippen LogP contribution in [0.5, 0.6) is 0 Å². The summed E-state index contributed by atoms with van der Waals surface area (Å²) >= 11 is 0. The zero-order chi connectivity index (χ0) is 13.1. The molecular formula is C11H21N3O3. The molecule has 0 aromatic heterocycles. The summed E-state index contributed by atoms with van der Waals surface area (Å²) in [5.41, 5.74) is 0.0454. The lowest BCUT2D eigenvalue weighted by atomic mass is 9.75. The molecule has 1 saturated carbocycles. The molecule has 6 heteroatoms. The van der Waals surface area contributed by atoms with Gasteiger partial charge in [-0.2, -0.15) is 0 Å². The fraction of sp³-hybridized carbons (Fsp3) is 0.818. The maximum Gasteiger partial charge on any atom is 0.325 e. The van der Waals surface area contributed by atoms with Gasteiger partial charge in [0.15, 0.2) is 0 Å². The highest BCUT2D eigenvalue weighted by Crippen LogP contribution is 2.35. The summed E-state index contributed by atoms with van der Waals surface area (Å²) in [6.07, 6.45) is 3.30. The van der Waals surface area contributed by atoms with Crippen molar-refractivity contribution >= 4 is 12.0 Å². The summed E-state index contributed by atoms with van der Waals surface area (Å²) in [5, 5.41) is 13.8. The van der Waals surface area contributed by atoms with Gasteiger partial charge in [-0.3, -0.25) is 4.79 Å². The van der Waals surface area contributed by atoms with E-state index < -0.39 is 18.0 Å². The van der Waals surface area contributed by atoms with Crippen LogP contribution in [0.3, 0.4) is 0 Å². The number of likely N-dealkylation sites (N-methyl/N-ethyl adjacent to an activating group) is 1. The van der Waals surface area contributed by atoms with E-state index in [9.17, 15) is 9.59 Å². The third-order valence-corrected chi connectivity index (χ3v) is 3.53. The van der Waals surface area contributed by atoms with Crippen LogP contribution >= 0.6 is 0 Å². The molecule has 6 nitrogen and oxygen atoms in total. The summed E-state index contributed by atoms with van der Waals surface area (Å²) in [4.78, 5) is 24.1. The van der Waals surface area contributed by atoms with Crippen molar-refractivity contribution in [3.8, 4) is 0 Å². The van der Waals surface area contributed by atoms with Crippen LogP contribution in [0.4, 0.5) is 4.79 Å². The Morgan fingerprint density at radius 1 is 1.41 bits per heavy atom. The lowest BCUT2D eigenvalue weighted by Crippen LogP contribution is -2.58. The van der Waals surface area contributed by atoms with Crippen LogP contribution < -0.4 is 10.6 Å². The van der Waals surface area contributed by atoms with E-state index in [0.29, 0.717) is 6.54 Å². The number of amides is 2. The zero-order valence-electron chi connectivity index (χ0n) is 10.6. The number of hydrogen-bond donors (Lipinski definition) is 3. The summed E-state index contributed by atoms with van der Waals surface area (Å²) in [5.74, 6) is -1.04. The molecule has 0 aliphatic heterocycles. The molecule has 1 aliphatic rings. The third-order valence-electron chi connectivity index (χ3n) is 3.53. The molecule has 1 aliphatic carbocycles. The van der Waals surface area contributed by atoms with Crippen molar-refractivity contribution < 1.29 is 14.7 Å². The van der Waals surface area contributed by atoms with Gasteiger partial charge < -0.3 is 20.6 Å². The highest BCUT2D eigenvalue weighted by molar-refractivity contribution is 5.82. The minimum atomic E-state index is -1.04. The molecule has 0 radical (unpaired) electrons. The monoisotopic (exact) mass is 243 g/mol. The van der Waals surface area contributed by atoms with Gasteiger partial charge in [-0.25, -0.2) is 4.79 Å². The van der Waals surface area contributed by atoms with E-state index in [2.05, 4.69) is 15.5 Å². The first-order valence-corrected chi connectivity index (χ1v) is 5.82. The van der Waals surface area contributed by atoms with Gasteiger partial charge >= 0.3 is 12.0 Å². The summed E-state index contributed by atoms with van der Waals surface area (Å²) < 4.78 is 0. The SMILES string of the molecule is C[C@@H](NC(=O)NCC1(N(C)C)CCC1)C(=O)O. The summed E-state index contributed by atoms with van der Waals surface area (Å²) in [7, 11) is 4.00. The summed E-state index contributed by atoms with van der Waals surface area (Å²) in [6, 6.07) is -1.29. The van der Waals surface area contributed by atoms with E-state index in [4.69, 9.17) is 5.11 Å². The quantitative estimate of drug-likeness (QED) is 0.646. The Labute approximate surface area is 101 Å². The number of carbonyl (C=O) groups is 2. The highest BCUT2D eigenvalue weighted by atomic mass is 16.4. The van der Waals surface area contributed by atoms with Crippen molar-refractivity contribution in [2.24, 2.45) is 0 Å². The molecule has 1 fully saturated rings. The lowest BCUT2D eigenvalue weighted by molar-refractivity contribution is -0.138. The number of carboxylic acids is 1. The number of nitrogens with one attached hydrogen (secondary N) is 2. The standard InChI is InChI=1S/C11H21N3O3/c1-8(9(15)16)13-10(17)12-7-11(14(2)3)5-4-6-11/h8H,4-7H2,1-3H3,(H,15,16)(H2,12,13,17)/t8-/m1/s1. The normalized spacial score (nSPS) is 19.3. The minimum absolute atomic E-state index is 0.0454. The predicted molar refractivity (Wildman–Crippen MR) is 63.9 cm³/mol. The zero-order valence-corrected chi connectivity index (χ0v) is 10.6. The van der Waals surface area contributed by atoms with Crippen molar-refractivity contribution in [1.29, 1.82) is 0 Å². The molecule has 3 N–H and O–H groups in total. The second-order valence-electron chi connectivity index (χ2n) is 4.86. The van der Waals surface area contributed by atoms with Gasteiger partial charge in [-0.1, -0.05) is 0 Å². The van der Waals surface area contributed by atoms with Gasteiger partial charge in [0.25, 0.3) is 0 Å². The Kier molecular flexibility index (Phi) is 4.34. The van der Waals surface area contributed by atoms with Crippen LogP contribution in [0.2, 0.25) is 0 Å². The molecule has 1 rings (SSSR count). The first kappa shape index (κ1) is 13.8. The Morgan fingerprint density at radius 2 is 2.00 bits per heavy atom. The van der Waals surface area contributed by atoms with Crippen molar-refractivity contribution in [3.05, 3.63) is 0 Å². The van der Waals surface area contributed by atoms with Crippen molar-refractivity contribution in [2.75, 3.05) is 20.6 Å². The Bertz CT molecular complexity index is 300. The third kappa shape index (κ3) is 3.33. The number of carboxylic acid groups (broad SMARTS) is 1. The average Bonchev–Trinajstić information content (AvgIpc) is 2.14. The van der Waals surface area contributed by atoms with E-state index in [1.165, 1.54) is 13.3 Å². The van der Waals surface area contributed by atoms with Crippen molar-refractivity contribution in [2.45, 2.75) is 37.8 Å². The van der Waals surface area contributed by atoms with Gasteiger partial charge in [0.1, 0.15) is 6.04 Å². The number of carbonyl (C=O) groups excluding carboxylic acids is 1. The minimum Gasteiger partial charge on any atom is -0.480 e. The molecule has 0 bridgehead atoms. The van der Waals surface area contributed by atoms with Crippen LogP contribution in [-0.2, 0) is 4.79 Å². The van der Waals surface area contributed by atoms with Gasteiger partial charge in [-0.05, 0) is 40.3 Å².